The summed E-state index contributed by atoms with van der Waals surface area (Å²) in [6.45, 7) is 0. The van der Waals surface area contributed by atoms with Crippen LogP contribution in [0.5, 0.6) is 5.75 Å². The van der Waals surface area contributed by atoms with E-state index in [1.54, 1.807) is 7.11 Å². The molecule has 3 heteroatoms. The third kappa shape index (κ3) is 2.63. The number of hydrogen-bond donors (Lipinski definition) is 1. The number of nitrogen functional groups attached to an aromatic ring is 1. The van der Waals surface area contributed by atoms with Crippen LogP contribution in [0.25, 0.3) is 23.1 Å². The first-order chi connectivity index (χ1) is 10.2. The first-order valence-corrected chi connectivity index (χ1v) is 6.84. The van der Waals surface area contributed by atoms with Gasteiger partial charge in [-0.15, -0.1) is 0 Å². The third-order valence-electron chi connectivity index (χ3n) is 3.63. The van der Waals surface area contributed by atoms with Crippen molar-refractivity contribution >= 4 is 28.7 Å². The Labute approximate surface area is 124 Å². The average Bonchev–Trinajstić information content (AvgIpc) is 2.86. The molecule has 1 heterocycles. The Bertz CT molecular complexity index is 815. The van der Waals surface area contributed by atoms with Crippen LogP contribution < -0.4 is 10.5 Å². The second-order valence-corrected chi connectivity index (χ2v) is 5.08. The van der Waals surface area contributed by atoms with Gasteiger partial charge in [0.25, 0.3) is 0 Å². The van der Waals surface area contributed by atoms with Crippen molar-refractivity contribution in [1.29, 1.82) is 0 Å². The molecular formula is C18H18N2O. The summed E-state index contributed by atoms with van der Waals surface area (Å²) < 4.78 is 7.28. The summed E-state index contributed by atoms with van der Waals surface area (Å²) in [7, 11) is 3.67. The van der Waals surface area contributed by atoms with Crippen molar-refractivity contribution in [3.8, 4) is 5.75 Å². The van der Waals surface area contributed by atoms with Gasteiger partial charge in [-0.1, -0.05) is 24.3 Å². The van der Waals surface area contributed by atoms with E-state index in [1.165, 1.54) is 16.5 Å². The van der Waals surface area contributed by atoms with E-state index in [9.17, 15) is 0 Å². The number of aryl methyl sites for hydroxylation is 1. The van der Waals surface area contributed by atoms with Crippen molar-refractivity contribution < 1.29 is 4.74 Å². The molecular weight excluding hydrogens is 260 g/mol. The van der Waals surface area contributed by atoms with Gasteiger partial charge >= 0.3 is 0 Å². The lowest BCUT2D eigenvalue weighted by Gasteiger charge is -2.04. The molecule has 0 amide bonds. The lowest BCUT2D eigenvalue weighted by molar-refractivity contribution is 0.417. The number of anilines is 1. The van der Waals surface area contributed by atoms with Gasteiger partial charge in [0.15, 0.2) is 0 Å². The van der Waals surface area contributed by atoms with Gasteiger partial charge in [0.05, 0.1) is 12.8 Å². The highest BCUT2D eigenvalue weighted by atomic mass is 16.5. The molecule has 0 aliphatic heterocycles. The number of benzene rings is 2. The Kier molecular flexibility index (Phi) is 3.40. The van der Waals surface area contributed by atoms with E-state index in [0.29, 0.717) is 11.4 Å². The quantitative estimate of drug-likeness (QED) is 0.582. The van der Waals surface area contributed by atoms with Gasteiger partial charge in [-0.3, -0.25) is 0 Å². The number of methoxy groups -OCH3 is 1. The Hall–Kier alpha value is -2.68. The largest absolute Gasteiger partial charge is 0.495 e. The van der Waals surface area contributed by atoms with Crippen LogP contribution in [-0.2, 0) is 7.05 Å². The van der Waals surface area contributed by atoms with Crippen molar-refractivity contribution in [3.63, 3.8) is 0 Å². The molecule has 0 saturated heterocycles. The fourth-order valence-corrected chi connectivity index (χ4v) is 2.45. The van der Waals surface area contributed by atoms with E-state index in [4.69, 9.17) is 10.5 Å². The van der Waals surface area contributed by atoms with Gasteiger partial charge < -0.3 is 15.0 Å². The van der Waals surface area contributed by atoms with Crippen molar-refractivity contribution in [1.82, 2.24) is 4.57 Å². The van der Waals surface area contributed by atoms with Gasteiger partial charge in [-0.25, -0.2) is 0 Å². The van der Waals surface area contributed by atoms with E-state index in [2.05, 4.69) is 54.2 Å². The first kappa shape index (κ1) is 13.3. The molecule has 0 aliphatic rings. The van der Waals surface area contributed by atoms with Crippen LogP contribution in [0.15, 0.2) is 48.7 Å². The zero-order chi connectivity index (χ0) is 14.8. The van der Waals surface area contributed by atoms with E-state index in [0.717, 1.165) is 5.56 Å². The monoisotopic (exact) mass is 278 g/mol. The fraction of sp³-hybridized carbons (Fsp3) is 0.111. The SMILES string of the molecule is COc1ccc(C=Cc2ccc3c(ccn3C)c2)cc1N. The van der Waals surface area contributed by atoms with Gasteiger partial charge in [0.2, 0.25) is 0 Å². The Morgan fingerprint density at radius 1 is 1.00 bits per heavy atom. The minimum atomic E-state index is 0.651. The van der Waals surface area contributed by atoms with Crippen molar-refractivity contribution in [2.75, 3.05) is 12.8 Å². The number of hydrogen-bond acceptors (Lipinski definition) is 2. The molecule has 2 N–H and O–H groups in total. The molecule has 106 valence electrons. The molecule has 1 aromatic heterocycles. The summed E-state index contributed by atoms with van der Waals surface area (Å²) in [4.78, 5) is 0. The van der Waals surface area contributed by atoms with Crippen LogP contribution in [0, 0.1) is 0 Å². The van der Waals surface area contributed by atoms with Crippen LogP contribution in [0.4, 0.5) is 5.69 Å². The predicted molar refractivity (Wildman–Crippen MR) is 89.3 cm³/mol. The zero-order valence-corrected chi connectivity index (χ0v) is 12.2. The normalized spacial score (nSPS) is 11.3. The molecule has 3 aromatic rings. The molecule has 21 heavy (non-hydrogen) atoms. The van der Waals surface area contributed by atoms with Crippen molar-refractivity contribution in [3.05, 3.63) is 59.8 Å². The smallest absolute Gasteiger partial charge is 0.141 e. The van der Waals surface area contributed by atoms with E-state index in [1.807, 2.05) is 18.2 Å². The molecule has 3 nitrogen and oxygen atoms in total. The Morgan fingerprint density at radius 2 is 1.71 bits per heavy atom. The number of nitrogens with zero attached hydrogens (tertiary/aromatic N) is 1. The average molecular weight is 278 g/mol. The van der Waals surface area contributed by atoms with Crippen LogP contribution in [0.3, 0.4) is 0 Å². The van der Waals surface area contributed by atoms with E-state index >= 15 is 0 Å². The second kappa shape index (κ2) is 5.37. The standard InChI is InChI=1S/C18H18N2O/c1-20-10-9-15-11-13(5-7-17(15)20)3-4-14-6-8-18(21-2)16(19)12-14/h3-12H,19H2,1-2H3. The summed E-state index contributed by atoms with van der Waals surface area (Å²) in [6, 6.07) is 14.3. The molecule has 0 bridgehead atoms. The van der Waals surface area contributed by atoms with Crippen molar-refractivity contribution in [2.24, 2.45) is 7.05 Å². The van der Waals surface area contributed by atoms with Crippen LogP contribution in [0.1, 0.15) is 11.1 Å². The fourth-order valence-electron chi connectivity index (χ4n) is 2.45. The van der Waals surface area contributed by atoms with E-state index < -0.39 is 0 Å². The molecule has 3 rings (SSSR count). The molecule has 0 spiro atoms. The van der Waals surface area contributed by atoms with Gasteiger partial charge in [0.1, 0.15) is 5.75 Å². The number of aromatic nitrogens is 1. The number of ether oxygens (including phenoxy) is 1. The minimum absolute atomic E-state index is 0.651. The Morgan fingerprint density at radius 3 is 2.43 bits per heavy atom. The summed E-state index contributed by atoms with van der Waals surface area (Å²) in [5.41, 5.74) is 10.0. The summed E-state index contributed by atoms with van der Waals surface area (Å²) in [5, 5.41) is 1.24. The maximum absolute atomic E-state index is 5.92. The summed E-state index contributed by atoms with van der Waals surface area (Å²) in [6.07, 6.45) is 6.22. The highest BCUT2D eigenvalue weighted by Gasteiger charge is 2.00. The molecule has 2 aromatic carbocycles. The molecule has 0 fully saturated rings. The zero-order valence-electron chi connectivity index (χ0n) is 12.2. The minimum Gasteiger partial charge on any atom is -0.495 e. The maximum Gasteiger partial charge on any atom is 0.141 e. The maximum atomic E-state index is 5.92. The third-order valence-corrected chi connectivity index (χ3v) is 3.63. The van der Waals surface area contributed by atoms with Crippen LogP contribution in [-0.4, -0.2) is 11.7 Å². The molecule has 0 aliphatic carbocycles. The molecule has 0 atom stereocenters. The highest BCUT2D eigenvalue weighted by Crippen LogP contribution is 2.23. The second-order valence-electron chi connectivity index (χ2n) is 5.08. The van der Waals surface area contributed by atoms with Crippen LogP contribution in [0.2, 0.25) is 0 Å². The highest BCUT2D eigenvalue weighted by molar-refractivity contribution is 5.84. The predicted octanol–water partition coefficient (Wildman–Crippen LogP) is 3.94. The number of nitrogens with two attached hydrogens (primary N) is 1. The molecule has 0 radical (unpaired) electrons. The van der Waals surface area contributed by atoms with Crippen LogP contribution >= 0.6 is 0 Å². The lowest BCUT2D eigenvalue weighted by Crippen LogP contribution is -1.92. The first-order valence-electron chi connectivity index (χ1n) is 6.84. The van der Waals surface area contributed by atoms with Gasteiger partial charge in [-0.2, -0.15) is 0 Å². The number of fused-ring (bicyclic) bond motifs is 1. The number of rotatable bonds is 3. The lowest BCUT2D eigenvalue weighted by atomic mass is 10.1. The van der Waals surface area contributed by atoms with Gasteiger partial charge in [0, 0.05) is 24.1 Å². The Balaban J connectivity index is 1.88. The summed E-state index contributed by atoms with van der Waals surface area (Å²) >= 11 is 0. The van der Waals surface area contributed by atoms with E-state index in [-0.39, 0.29) is 0 Å². The summed E-state index contributed by atoms with van der Waals surface area (Å²) in [5.74, 6) is 0.706. The van der Waals surface area contributed by atoms with Gasteiger partial charge in [-0.05, 0) is 41.5 Å². The molecule has 0 unspecified atom stereocenters. The topological polar surface area (TPSA) is 40.2 Å². The molecule has 0 saturated carbocycles. The van der Waals surface area contributed by atoms with Crippen molar-refractivity contribution in [2.45, 2.75) is 0 Å².